The van der Waals surface area contributed by atoms with Crippen LogP contribution < -0.4 is 0 Å². The van der Waals surface area contributed by atoms with Gasteiger partial charge in [-0.15, -0.1) is 0 Å². The lowest BCUT2D eigenvalue weighted by Crippen LogP contribution is -2.78. The highest BCUT2D eigenvalue weighted by Gasteiger charge is 2.98. The van der Waals surface area contributed by atoms with Gasteiger partial charge in [0.2, 0.25) is 0 Å². The molecular weight excluding hydrogens is 650 g/mol. The van der Waals surface area contributed by atoms with Crippen LogP contribution in [0.1, 0.15) is 6.42 Å². The Morgan fingerprint density at radius 1 is 0.436 bits per heavy atom. The molecule has 234 valence electrons. The zero-order chi connectivity index (χ0) is 32.5. The second-order valence-corrected chi connectivity index (χ2v) is 7.67. The summed E-state index contributed by atoms with van der Waals surface area (Å²) >= 11 is 2.75. The second-order valence-electron chi connectivity index (χ2n) is 7.23. The van der Waals surface area contributed by atoms with E-state index in [9.17, 15) is 101 Å². The Morgan fingerprint density at radius 2 is 0.641 bits per heavy atom. The van der Waals surface area contributed by atoms with Gasteiger partial charge in [-0.25, -0.2) is 4.79 Å². The van der Waals surface area contributed by atoms with Crippen LogP contribution in [0.3, 0.4) is 0 Å². The van der Waals surface area contributed by atoms with Gasteiger partial charge in [-0.3, -0.25) is 0 Å². The Hall–Kier alpha value is -1.72. The normalized spacial score (nSPS) is 16.5. The summed E-state index contributed by atoms with van der Waals surface area (Å²) in [5.74, 6) is -101. The predicted octanol–water partition coefficient (Wildman–Crippen LogP) is 7.38. The van der Waals surface area contributed by atoms with Gasteiger partial charge in [0.1, 0.15) is 0 Å². The lowest BCUT2D eigenvalue weighted by Gasteiger charge is -2.45. The summed E-state index contributed by atoms with van der Waals surface area (Å²) in [6.07, 6.45) is -2.77. The molecule has 0 saturated heterocycles. The Bertz CT molecular complexity index is 924. The van der Waals surface area contributed by atoms with Crippen LogP contribution in [0.25, 0.3) is 0 Å². The van der Waals surface area contributed by atoms with Crippen molar-refractivity contribution in [2.45, 2.75) is 71.6 Å². The third-order valence-corrected chi connectivity index (χ3v) is 4.93. The minimum Gasteiger partial charge on any atom is -0.477 e. The number of alkyl halides is 22. The molecule has 1 N–H and O–H groups in total. The molecule has 39 heavy (non-hydrogen) atoms. The number of thiol groups is 1. The van der Waals surface area contributed by atoms with Gasteiger partial charge < -0.3 is 5.11 Å². The van der Waals surface area contributed by atoms with Crippen LogP contribution in [0.2, 0.25) is 0 Å². The molecule has 0 aromatic rings. The quantitative estimate of drug-likeness (QED) is 0.161. The van der Waals surface area contributed by atoms with Crippen molar-refractivity contribution in [3.8, 4) is 0 Å². The average molecular weight is 656 g/mol. The molecule has 0 radical (unpaired) electrons. The average Bonchev–Trinajstić information content (AvgIpc) is 2.71. The van der Waals surface area contributed by atoms with E-state index in [4.69, 9.17) is 5.11 Å². The van der Waals surface area contributed by atoms with Crippen molar-refractivity contribution >= 4 is 18.6 Å². The highest BCUT2D eigenvalue weighted by Crippen LogP contribution is 2.67. The van der Waals surface area contributed by atoms with Gasteiger partial charge in [-0.2, -0.15) is 109 Å². The van der Waals surface area contributed by atoms with Gasteiger partial charge >= 0.3 is 71.1 Å². The molecule has 0 fully saturated rings. The molecule has 0 aromatic heterocycles. The molecule has 0 aliphatic rings. The van der Waals surface area contributed by atoms with Crippen molar-refractivity contribution in [3.05, 3.63) is 0 Å². The number of carbonyl (C=O) groups is 1. The first-order valence-electron chi connectivity index (χ1n) is 8.51. The maximum atomic E-state index is 13.6. The number of carboxylic acids is 1. The first-order chi connectivity index (χ1) is 16.5. The van der Waals surface area contributed by atoms with Gasteiger partial charge in [0, 0.05) is 6.42 Å². The molecule has 2 nitrogen and oxygen atoms in total. The summed E-state index contributed by atoms with van der Waals surface area (Å²) in [5, 5.41) is 7.69. The largest absolute Gasteiger partial charge is 0.477 e. The minimum atomic E-state index is -9.40. The van der Waals surface area contributed by atoms with Crippen molar-refractivity contribution < 1.29 is 106 Å². The Labute approximate surface area is 203 Å². The minimum absolute atomic E-state index is 1.69. The molecule has 0 aliphatic heterocycles. The van der Waals surface area contributed by atoms with E-state index in [-0.39, 0.29) is 0 Å². The summed E-state index contributed by atoms with van der Waals surface area (Å²) in [4.78, 5) is 9.93. The summed E-state index contributed by atoms with van der Waals surface area (Å²) in [6.45, 7) is 0. The number of rotatable bonds is 13. The van der Waals surface area contributed by atoms with Crippen LogP contribution in [0.5, 0.6) is 0 Å². The van der Waals surface area contributed by atoms with Gasteiger partial charge in [0.05, 0.1) is 0 Å². The fraction of sp³-hybridized carbons (Fsp3) is 0.929. The molecule has 0 aromatic carbocycles. The number of aliphatic carboxylic acids is 1. The molecule has 0 amide bonds. The highest BCUT2D eigenvalue weighted by atomic mass is 32.1. The highest BCUT2D eigenvalue weighted by molar-refractivity contribution is 7.80. The standard InChI is InChI=1S/C14H6F22O2S/c15-4(16,1-2-39)6(19,20)8(23,24)10(27,28)12(31,32)14(35,36)13(33,34)11(29,30)9(25,26)7(21,22)5(17,18)3(37)38/h39H,1-2H2,(H,37,38). The monoisotopic (exact) mass is 656 g/mol. The van der Waals surface area contributed by atoms with Crippen molar-refractivity contribution in [3.63, 3.8) is 0 Å². The summed E-state index contributed by atoms with van der Waals surface area (Å²) in [5.41, 5.74) is 0. The Kier molecular flexibility index (Phi) is 8.99. The van der Waals surface area contributed by atoms with Gasteiger partial charge in [-0.1, -0.05) is 0 Å². The molecule has 0 unspecified atom stereocenters. The molecular formula is C14H6F22O2S. The van der Waals surface area contributed by atoms with E-state index in [1.165, 1.54) is 0 Å². The summed E-state index contributed by atoms with van der Waals surface area (Å²) in [6, 6.07) is 0. The maximum absolute atomic E-state index is 13.6. The summed E-state index contributed by atoms with van der Waals surface area (Å²) in [7, 11) is 0. The van der Waals surface area contributed by atoms with E-state index in [2.05, 4.69) is 12.6 Å². The number of carboxylic acid groups (broad SMARTS) is 1. The third-order valence-electron chi connectivity index (χ3n) is 4.70. The van der Waals surface area contributed by atoms with Gasteiger partial charge in [0.15, 0.2) is 0 Å². The first-order valence-corrected chi connectivity index (χ1v) is 9.14. The van der Waals surface area contributed by atoms with Crippen LogP contribution in [0.4, 0.5) is 96.6 Å². The van der Waals surface area contributed by atoms with E-state index < -0.39 is 83.3 Å². The van der Waals surface area contributed by atoms with Crippen molar-refractivity contribution in [1.29, 1.82) is 0 Å². The fourth-order valence-corrected chi connectivity index (χ4v) is 2.52. The van der Waals surface area contributed by atoms with Crippen LogP contribution in [-0.2, 0) is 4.79 Å². The van der Waals surface area contributed by atoms with Crippen molar-refractivity contribution in [1.82, 2.24) is 0 Å². The van der Waals surface area contributed by atoms with E-state index in [0.29, 0.717) is 0 Å². The third kappa shape index (κ3) is 4.41. The van der Waals surface area contributed by atoms with Gasteiger partial charge in [0.25, 0.3) is 0 Å². The summed E-state index contributed by atoms with van der Waals surface area (Å²) < 4.78 is 294. The Balaban J connectivity index is 7.26. The van der Waals surface area contributed by atoms with E-state index in [1.54, 1.807) is 0 Å². The van der Waals surface area contributed by atoms with Crippen LogP contribution in [0, 0.1) is 0 Å². The molecule has 0 saturated carbocycles. The fourth-order valence-electron chi connectivity index (χ4n) is 2.24. The molecule has 0 heterocycles. The topological polar surface area (TPSA) is 37.3 Å². The number of halogens is 22. The van der Waals surface area contributed by atoms with E-state index in [1.807, 2.05) is 0 Å². The molecule has 0 spiro atoms. The maximum Gasteiger partial charge on any atom is 0.410 e. The number of hydrogen-bond acceptors (Lipinski definition) is 2. The second kappa shape index (κ2) is 9.41. The SMILES string of the molecule is O=C(O)C(F)(F)C(F)(F)C(F)(F)C(F)(F)C(F)(F)C(F)(F)C(F)(F)C(F)(F)C(F)(F)C(F)(F)C(F)(F)CCS. The van der Waals surface area contributed by atoms with Crippen LogP contribution in [0.15, 0.2) is 0 Å². The Morgan fingerprint density at radius 3 is 0.846 bits per heavy atom. The van der Waals surface area contributed by atoms with Crippen LogP contribution >= 0.6 is 12.6 Å². The zero-order valence-corrected chi connectivity index (χ0v) is 17.9. The lowest BCUT2D eigenvalue weighted by atomic mass is 9.84. The zero-order valence-electron chi connectivity index (χ0n) is 17.0. The smallest absolute Gasteiger partial charge is 0.410 e. The lowest BCUT2D eigenvalue weighted by molar-refractivity contribution is -0.473. The molecule has 0 atom stereocenters. The van der Waals surface area contributed by atoms with Gasteiger partial charge in [-0.05, 0) is 5.75 Å². The first kappa shape index (κ1) is 37.3. The molecule has 0 bridgehead atoms. The van der Waals surface area contributed by atoms with Crippen molar-refractivity contribution in [2.24, 2.45) is 0 Å². The predicted molar refractivity (Wildman–Crippen MR) is 80.5 cm³/mol. The molecule has 0 aliphatic carbocycles. The van der Waals surface area contributed by atoms with E-state index >= 15 is 0 Å². The molecule has 25 heteroatoms. The van der Waals surface area contributed by atoms with Crippen molar-refractivity contribution in [2.75, 3.05) is 5.75 Å². The number of hydrogen-bond donors (Lipinski definition) is 2. The van der Waals surface area contributed by atoms with E-state index in [0.717, 1.165) is 0 Å². The molecule has 0 rings (SSSR count). The van der Waals surface area contributed by atoms with Crippen LogP contribution in [-0.4, -0.2) is 82.0 Å².